The normalized spacial score (nSPS) is 18.7. The predicted octanol–water partition coefficient (Wildman–Crippen LogP) is 3.15. The van der Waals surface area contributed by atoms with E-state index in [1.165, 1.54) is 0 Å². The fourth-order valence-electron chi connectivity index (χ4n) is 1.73. The van der Waals surface area contributed by atoms with E-state index < -0.39 is 0 Å². The minimum atomic E-state index is -0.250. The summed E-state index contributed by atoms with van der Waals surface area (Å²) in [5.41, 5.74) is 0.615. The number of ether oxygens (including phenoxy) is 1. The Hall–Kier alpha value is -0.970. The Morgan fingerprint density at radius 3 is 2.89 bits per heavy atom. The number of urea groups is 1. The van der Waals surface area contributed by atoms with Crippen LogP contribution < -0.4 is 10.6 Å². The van der Waals surface area contributed by atoms with E-state index in [-0.39, 0.29) is 6.03 Å². The lowest BCUT2D eigenvalue weighted by atomic mass is 10.1. The maximum Gasteiger partial charge on any atom is 0.319 e. The zero-order valence-electron chi connectivity index (χ0n) is 9.71. The molecule has 0 unspecified atom stereocenters. The first-order valence-electron chi connectivity index (χ1n) is 5.73. The lowest BCUT2D eigenvalue weighted by Gasteiger charge is -2.11. The van der Waals surface area contributed by atoms with Crippen molar-refractivity contribution in [2.24, 2.45) is 5.92 Å². The number of nitrogens with one attached hydrogen (secondary N) is 2. The van der Waals surface area contributed by atoms with Crippen molar-refractivity contribution in [2.45, 2.75) is 6.42 Å². The number of hydrogen-bond donors (Lipinski definition) is 2. The van der Waals surface area contributed by atoms with Gasteiger partial charge in [0.05, 0.1) is 16.7 Å². The van der Waals surface area contributed by atoms with Crippen LogP contribution in [-0.4, -0.2) is 25.8 Å². The number of amides is 2. The van der Waals surface area contributed by atoms with Crippen molar-refractivity contribution in [2.75, 3.05) is 25.1 Å². The zero-order chi connectivity index (χ0) is 13.0. The summed E-state index contributed by atoms with van der Waals surface area (Å²) >= 11 is 11.6. The number of rotatable bonds is 3. The van der Waals surface area contributed by atoms with E-state index in [4.69, 9.17) is 27.9 Å². The quantitative estimate of drug-likeness (QED) is 0.898. The van der Waals surface area contributed by atoms with Crippen molar-refractivity contribution >= 4 is 34.9 Å². The number of anilines is 1. The summed E-state index contributed by atoms with van der Waals surface area (Å²) in [7, 11) is 0. The predicted molar refractivity (Wildman–Crippen MR) is 72.4 cm³/mol. The molecular weight excluding hydrogens is 275 g/mol. The number of carbonyl (C=O) groups is 1. The molecule has 1 aromatic rings. The summed E-state index contributed by atoms with van der Waals surface area (Å²) in [4.78, 5) is 11.6. The Bertz CT molecular complexity index is 434. The summed E-state index contributed by atoms with van der Waals surface area (Å²) in [6.45, 7) is 2.11. The van der Waals surface area contributed by atoms with E-state index in [0.717, 1.165) is 13.0 Å². The van der Waals surface area contributed by atoms with Crippen LogP contribution in [0.4, 0.5) is 10.5 Å². The molecule has 18 heavy (non-hydrogen) atoms. The smallest absolute Gasteiger partial charge is 0.319 e. The van der Waals surface area contributed by atoms with Crippen molar-refractivity contribution in [1.82, 2.24) is 5.32 Å². The summed E-state index contributed by atoms with van der Waals surface area (Å²) in [6, 6.07) is 4.71. The minimum Gasteiger partial charge on any atom is -0.381 e. The third kappa shape index (κ3) is 3.77. The van der Waals surface area contributed by atoms with Gasteiger partial charge in [0.2, 0.25) is 0 Å². The highest BCUT2D eigenvalue weighted by molar-refractivity contribution is 6.42. The molecular formula is C12H14Cl2N2O2. The van der Waals surface area contributed by atoms with Crippen molar-refractivity contribution in [3.63, 3.8) is 0 Å². The van der Waals surface area contributed by atoms with E-state index in [0.29, 0.717) is 34.8 Å². The summed E-state index contributed by atoms with van der Waals surface area (Å²) in [6.07, 6.45) is 0.993. The summed E-state index contributed by atoms with van der Waals surface area (Å²) in [5, 5.41) is 6.38. The van der Waals surface area contributed by atoms with Crippen molar-refractivity contribution in [3.05, 3.63) is 28.2 Å². The molecule has 2 amide bonds. The topological polar surface area (TPSA) is 50.4 Å². The van der Waals surface area contributed by atoms with Gasteiger partial charge in [-0.2, -0.15) is 0 Å². The van der Waals surface area contributed by atoms with Gasteiger partial charge in [-0.15, -0.1) is 0 Å². The van der Waals surface area contributed by atoms with Crippen LogP contribution in [0.3, 0.4) is 0 Å². The highest BCUT2D eigenvalue weighted by atomic mass is 35.5. The third-order valence-corrected chi connectivity index (χ3v) is 3.49. The number of carbonyl (C=O) groups excluding carboxylic acids is 1. The van der Waals surface area contributed by atoms with E-state index in [2.05, 4.69) is 10.6 Å². The van der Waals surface area contributed by atoms with E-state index in [9.17, 15) is 4.79 Å². The Labute approximate surface area is 116 Å². The molecule has 0 saturated carbocycles. The first-order valence-corrected chi connectivity index (χ1v) is 6.48. The molecule has 98 valence electrons. The second-order valence-corrected chi connectivity index (χ2v) is 5.01. The molecule has 0 bridgehead atoms. The molecule has 2 N–H and O–H groups in total. The van der Waals surface area contributed by atoms with Crippen LogP contribution in [0.1, 0.15) is 6.42 Å². The fraction of sp³-hybridized carbons (Fsp3) is 0.417. The molecule has 1 aliphatic heterocycles. The summed E-state index contributed by atoms with van der Waals surface area (Å²) in [5.74, 6) is 0.407. The van der Waals surface area contributed by atoms with Gasteiger partial charge in [0.15, 0.2) is 0 Å². The Morgan fingerprint density at radius 2 is 2.22 bits per heavy atom. The highest BCUT2D eigenvalue weighted by Gasteiger charge is 2.16. The Balaban J connectivity index is 1.80. The first kappa shape index (κ1) is 13.5. The lowest BCUT2D eigenvalue weighted by Crippen LogP contribution is -2.33. The van der Waals surface area contributed by atoms with Gasteiger partial charge in [-0.05, 0) is 24.6 Å². The van der Waals surface area contributed by atoms with Crippen LogP contribution in [-0.2, 0) is 4.74 Å². The van der Waals surface area contributed by atoms with Gasteiger partial charge in [-0.3, -0.25) is 0 Å². The van der Waals surface area contributed by atoms with Gasteiger partial charge in [-0.25, -0.2) is 4.79 Å². The van der Waals surface area contributed by atoms with Crippen molar-refractivity contribution < 1.29 is 9.53 Å². The van der Waals surface area contributed by atoms with Crippen LogP contribution in [0.15, 0.2) is 18.2 Å². The molecule has 6 heteroatoms. The van der Waals surface area contributed by atoms with Gasteiger partial charge in [-0.1, -0.05) is 23.2 Å². The van der Waals surface area contributed by atoms with Gasteiger partial charge < -0.3 is 15.4 Å². The molecule has 2 rings (SSSR count). The zero-order valence-corrected chi connectivity index (χ0v) is 11.2. The maximum absolute atomic E-state index is 11.6. The van der Waals surface area contributed by atoms with Crippen LogP contribution in [0.5, 0.6) is 0 Å². The second-order valence-electron chi connectivity index (χ2n) is 4.19. The van der Waals surface area contributed by atoms with Crippen LogP contribution in [0.25, 0.3) is 0 Å². The standard InChI is InChI=1S/C12H14Cl2N2O2/c13-10-2-1-9(5-11(10)14)16-12(17)15-6-8-3-4-18-7-8/h1-2,5,8H,3-4,6-7H2,(H2,15,16,17)/t8-/m1/s1. The molecule has 1 heterocycles. The summed E-state index contributed by atoms with van der Waals surface area (Å²) < 4.78 is 5.23. The largest absolute Gasteiger partial charge is 0.381 e. The minimum absolute atomic E-state index is 0.250. The van der Waals surface area contributed by atoms with Crippen LogP contribution in [0, 0.1) is 5.92 Å². The Kier molecular flexibility index (Phi) is 4.69. The van der Waals surface area contributed by atoms with Gasteiger partial charge in [0, 0.05) is 24.8 Å². The number of benzene rings is 1. The SMILES string of the molecule is O=C(NC[C@H]1CCOC1)Nc1ccc(Cl)c(Cl)c1. The molecule has 1 aliphatic rings. The van der Waals surface area contributed by atoms with Crippen LogP contribution in [0.2, 0.25) is 10.0 Å². The Morgan fingerprint density at radius 1 is 1.39 bits per heavy atom. The molecule has 0 spiro atoms. The van der Waals surface area contributed by atoms with Crippen molar-refractivity contribution in [1.29, 1.82) is 0 Å². The molecule has 0 aromatic heterocycles. The third-order valence-electron chi connectivity index (χ3n) is 2.75. The van der Waals surface area contributed by atoms with Gasteiger partial charge in [0.25, 0.3) is 0 Å². The van der Waals surface area contributed by atoms with E-state index in [1.807, 2.05) is 0 Å². The molecule has 4 nitrogen and oxygen atoms in total. The molecule has 1 atom stereocenters. The molecule has 1 aromatic carbocycles. The molecule has 0 radical (unpaired) electrons. The average Bonchev–Trinajstić information content (AvgIpc) is 2.84. The van der Waals surface area contributed by atoms with Crippen LogP contribution >= 0.6 is 23.2 Å². The molecule has 1 saturated heterocycles. The number of halogens is 2. The second kappa shape index (κ2) is 6.27. The van der Waals surface area contributed by atoms with Gasteiger partial charge >= 0.3 is 6.03 Å². The monoisotopic (exact) mass is 288 g/mol. The molecule has 0 aliphatic carbocycles. The number of hydrogen-bond acceptors (Lipinski definition) is 2. The van der Waals surface area contributed by atoms with E-state index >= 15 is 0 Å². The van der Waals surface area contributed by atoms with Gasteiger partial charge in [0.1, 0.15) is 0 Å². The first-order chi connectivity index (χ1) is 8.65. The fourth-order valence-corrected chi connectivity index (χ4v) is 2.03. The maximum atomic E-state index is 11.6. The average molecular weight is 289 g/mol. The van der Waals surface area contributed by atoms with E-state index in [1.54, 1.807) is 18.2 Å². The van der Waals surface area contributed by atoms with Crippen molar-refractivity contribution in [3.8, 4) is 0 Å². The lowest BCUT2D eigenvalue weighted by molar-refractivity contribution is 0.185. The molecule has 1 fully saturated rings. The highest BCUT2D eigenvalue weighted by Crippen LogP contribution is 2.24.